The molecule has 0 bridgehead atoms. The summed E-state index contributed by atoms with van der Waals surface area (Å²) in [6.45, 7) is 4.03. The van der Waals surface area contributed by atoms with Crippen molar-refractivity contribution in [1.29, 1.82) is 0 Å². The smallest absolute Gasteiger partial charge is 0.326 e. The van der Waals surface area contributed by atoms with E-state index in [2.05, 4.69) is 16.0 Å². The van der Waals surface area contributed by atoms with Gasteiger partial charge in [-0.15, -0.1) is 0 Å². The first-order valence-corrected chi connectivity index (χ1v) is 12.4. The molecule has 1 aromatic carbocycles. The number of carboxylic acid groups (broad SMARTS) is 1. The average molecular weight is 521 g/mol. The highest BCUT2D eigenvalue weighted by atomic mass is 16.4. The predicted octanol–water partition coefficient (Wildman–Crippen LogP) is -0.854. The van der Waals surface area contributed by atoms with Gasteiger partial charge in [0.05, 0.1) is 12.5 Å². The molecule has 1 rings (SSSR count). The van der Waals surface area contributed by atoms with Crippen molar-refractivity contribution in [2.75, 3.05) is 6.54 Å². The minimum absolute atomic E-state index is 0.0389. The minimum atomic E-state index is -1.37. The number of benzene rings is 1. The second-order valence-electron chi connectivity index (χ2n) is 9.08. The van der Waals surface area contributed by atoms with Gasteiger partial charge in [-0.05, 0) is 37.3 Å². The summed E-state index contributed by atoms with van der Waals surface area (Å²) in [4.78, 5) is 62.1. The van der Waals surface area contributed by atoms with Crippen LogP contribution in [0.1, 0.15) is 51.5 Å². The van der Waals surface area contributed by atoms with Crippen molar-refractivity contribution in [1.82, 2.24) is 16.0 Å². The number of nitrogens with two attached hydrogens (primary N) is 3. The molecule has 0 heterocycles. The van der Waals surface area contributed by atoms with Gasteiger partial charge in [-0.25, -0.2) is 4.79 Å². The van der Waals surface area contributed by atoms with Crippen LogP contribution in [-0.4, -0.2) is 65.4 Å². The Morgan fingerprint density at radius 3 is 2.00 bits per heavy atom. The van der Waals surface area contributed by atoms with Gasteiger partial charge >= 0.3 is 5.97 Å². The Hall–Kier alpha value is -3.51. The number of rotatable bonds is 17. The van der Waals surface area contributed by atoms with Crippen LogP contribution >= 0.6 is 0 Å². The zero-order valence-corrected chi connectivity index (χ0v) is 21.4. The number of nitrogens with one attached hydrogen (secondary N) is 3. The molecule has 10 N–H and O–H groups in total. The number of primary amides is 1. The SMILES string of the molecule is CCC(C)C(N)C(=O)NC(CC(N)=O)C(=O)NC(Cc1ccccc1)C(=O)NC(CCCCN)C(=O)O. The first kappa shape index (κ1) is 31.5. The molecular formula is C25H40N6O6. The van der Waals surface area contributed by atoms with Gasteiger partial charge in [0.25, 0.3) is 0 Å². The van der Waals surface area contributed by atoms with Crippen LogP contribution in [0.4, 0.5) is 0 Å². The van der Waals surface area contributed by atoms with E-state index in [9.17, 15) is 29.1 Å². The molecule has 0 aliphatic rings. The van der Waals surface area contributed by atoms with E-state index in [4.69, 9.17) is 17.2 Å². The summed E-state index contributed by atoms with van der Waals surface area (Å²) >= 11 is 0. The van der Waals surface area contributed by atoms with Crippen molar-refractivity contribution in [3.63, 3.8) is 0 Å². The van der Waals surface area contributed by atoms with Crippen molar-refractivity contribution in [2.45, 2.75) is 76.5 Å². The van der Waals surface area contributed by atoms with E-state index in [0.29, 0.717) is 31.4 Å². The van der Waals surface area contributed by atoms with Crippen LogP contribution < -0.4 is 33.2 Å². The fourth-order valence-electron chi connectivity index (χ4n) is 3.54. The number of carbonyl (C=O) groups is 5. The molecule has 206 valence electrons. The van der Waals surface area contributed by atoms with E-state index in [1.165, 1.54) is 0 Å². The normalized spacial score (nSPS) is 14.9. The summed E-state index contributed by atoms with van der Waals surface area (Å²) in [5.41, 5.74) is 17.4. The molecule has 12 nitrogen and oxygen atoms in total. The molecule has 5 unspecified atom stereocenters. The standard InChI is InChI=1S/C25H40N6O6/c1-3-15(2)21(28)24(35)31-19(14-20(27)32)23(34)30-18(13-16-9-5-4-6-10-16)22(33)29-17(25(36)37)11-7-8-12-26/h4-6,9-10,15,17-19,21H,3,7-8,11-14,26,28H2,1-2H3,(H2,27,32)(H,29,33)(H,30,34)(H,31,35)(H,36,37). The van der Waals surface area contributed by atoms with Crippen LogP contribution in [0.15, 0.2) is 30.3 Å². The Kier molecular flexibility index (Phi) is 13.9. The molecule has 0 aliphatic heterocycles. The number of aliphatic carboxylic acids is 1. The third kappa shape index (κ3) is 11.4. The Morgan fingerprint density at radius 1 is 0.892 bits per heavy atom. The van der Waals surface area contributed by atoms with Crippen molar-refractivity contribution >= 4 is 29.6 Å². The summed E-state index contributed by atoms with van der Waals surface area (Å²) < 4.78 is 0. The fourth-order valence-corrected chi connectivity index (χ4v) is 3.54. The minimum Gasteiger partial charge on any atom is -0.480 e. The summed E-state index contributed by atoms with van der Waals surface area (Å²) in [6, 6.07) is 4.13. The van der Waals surface area contributed by atoms with Gasteiger partial charge in [-0.2, -0.15) is 0 Å². The third-order valence-corrected chi connectivity index (χ3v) is 6.08. The molecule has 0 spiro atoms. The van der Waals surface area contributed by atoms with E-state index in [0.717, 1.165) is 0 Å². The summed E-state index contributed by atoms with van der Waals surface area (Å²) in [7, 11) is 0. The first-order chi connectivity index (χ1) is 17.5. The molecule has 1 aromatic rings. The molecule has 0 aliphatic carbocycles. The highest BCUT2D eigenvalue weighted by Crippen LogP contribution is 2.09. The molecule has 0 fully saturated rings. The molecule has 0 saturated heterocycles. The van der Waals surface area contributed by atoms with Crippen LogP contribution in [0.2, 0.25) is 0 Å². The van der Waals surface area contributed by atoms with E-state index in [1.54, 1.807) is 37.3 Å². The number of hydrogen-bond acceptors (Lipinski definition) is 7. The first-order valence-electron chi connectivity index (χ1n) is 12.4. The van der Waals surface area contributed by atoms with Crippen LogP contribution in [0.25, 0.3) is 0 Å². The summed E-state index contributed by atoms with van der Waals surface area (Å²) in [6.07, 6.45) is 1.40. The lowest BCUT2D eigenvalue weighted by molar-refractivity contribution is -0.142. The Labute approximate surface area is 217 Å². The lowest BCUT2D eigenvalue weighted by Gasteiger charge is -2.26. The molecule has 37 heavy (non-hydrogen) atoms. The van der Waals surface area contributed by atoms with E-state index < -0.39 is 60.2 Å². The van der Waals surface area contributed by atoms with Crippen molar-refractivity contribution in [3.8, 4) is 0 Å². The van der Waals surface area contributed by atoms with Gasteiger partial charge in [0.1, 0.15) is 18.1 Å². The van der Waals surface area contributed by atoms with Crippen LogP contribution in [0, 0.1) is 5.92 Å². The largest absolute Gasteiger partial charge is 0.480 e. The maximum atomic E-state index is 13.1. The van der Waals surface area contributed by atoms with Crippen LogP contribution in [0.3, 0.4) is 0 Å². The topological polar surface area (TPSA) is 220 Å². The zero-order valence-electron chi connectivity index (χ0n) is 21.4. The van der Waals surface area contributed by atoms with Gasteiger partial charge in [0.2, 0.25) is 23.6 Å². The summed E-state index contributed by atoms with van der Waals surface area (Å²) in [5, 5.41) is 17.0. The molecule has 0 aromatic heterocycles. The molecule has 5 atom stereocenters. The van der Waals surface area contributed by atoms with E-state index >= 15 is 0 Å². The summed E-state index contributed by atoms with van der Waals surface area (Å²) in [5.74, 6) is -4.42. The van der Waals surface area contributed by atoms with Crippen LogP contribution in [0.5, 0.6) is 0 Å². The lowest BCUT2D eigenvalue weighted by atomic mass is 9.98. The third-order valence-electron chi connectivity index (χ3n) is 6.08. The zero-order chi connectivity index (χ0) is 28.0. The second-order valence-corrected chi connectivity index (χ2v) is 9.08. The monoisotopic (exact) mass is 520 g/mol. The van der Waals surface area contributed by atoms with Crippen molar-refractivity contribution in [2.24, 2.45) is 23.1 Å². The average Bonchev–Trinajstić information content (AvgIpc) is 2.86. The fraction of sp³-hybridized carbons (Fsp3) is 0.560. The highest BCUT2D eigenvalue weighted by molar-refractivity contribution is 5.96. The Bertz CT molecular complexity index is 912. The molecule has 4 amide bonds. The van der Waals surface area contributed by atoms with Crippen molar-refractivity contribution in [3.05, 3.63) is 35.9 Å². The highest BCUT2D eigenvalue weighted by Gasteiger charge is 2.31. The van der Waals surface area contributed by atoms with Crippen LogP contribution in [-0.2, 0) is 30.4 Å². The molecule has 0 radical (unpaired) electrons. The Balaban J connectivity index is 3.11. The quantitative estimate of drug-likeness (QED) is 0.128. The molecule has 0 saturated carbocycles. The maximum Gasteiger partial charge on any atom is 0.326 e. The van der Waals surface area contributed by atoms with E-state index in [1.807, 2.05) is 6.92 Å². The van der Waals surface area contributed by atoms with Gasteiger partial charge in [0, 0.05) is 6.42 Å². The van der Waals surface area contributed by atoms with Gasteiger partial charge in [-0.3, -0.25) is 19.2 Å². The lowest BCUT2D eigenvalue weighted by Crippen LogP contribution is -2.58. The number of amides is 4. The van der Waals surface area contributed by atoms with Gasteiger partial charge in [-0.1, -0.05) is 50.6 Å². The maximum absolute atomic E-state index is 13.1. The number of carbonyl (C=O) groups excluding carboxylic acids is 4. The molecule has 12 heteroatoms. The van der Waals surface area contributed by atoms with E-state index in [-0.39, 0.29) is 18.8 Å². The number of unbranched alkanes of at least 4 members (excludes halogenated alkanes) is 1. The van der Waals surface area contributed by atoms with Crippen molar-refractivity contribution < 1.29 is 29.1 Å². The number of carboxylic acids is 1. The predicted molar refractivity (Wildman–Crippen MR) is 138 cm³/mol. The second kappa shape index (κ2) is 16.3. The van der Waals surface area contributed by atoms with Gasteiger partial charge < -0.3 is 38.3 Å². The van der Waals surface area contributed by atoms with Gasteiger partial charge in [0.15, 0.2) is 0 Å². The number of hydrogen-bond donors (Lipinski definition) is 7. The molecular weight excluding hydrogens is 480 g/mol. The Morgan fingerprint density at radius 2 is 1.46 bits per heavy atom.